The van der Waals surface area contributed by atoms with Crippen molar-refractivity contribution >= 4 is 0 Å². The minimum absolute atomic E-state index is 0.947. The lowest BCUT2D eigenvalue weighted by molar-refractivity contribution is 0.433. The summed E-state index contributed by atoms with van der Waals surface area (Å²) >= 11 is 0. The summed E-state index contributed by atoms with van der Waals surface area (Å²) in [4.78, 5) is 0. The fraction of sp³-hybridized carbons (Fsp3) is 0.882. The van der Waals surface area contributed by atoms with E-state index in [2.05, 4.69) is 20.8 Å². The SMILES string of the molecule is [CH2]CCCCCCCC(C)CCCCCC[CH2]. The maximum absolute atomic E-state index is 3.89. The minimum Gasteiger partial charge on any atom is -0.0625 e. The quantitative estimate of drug-likeness (QED) is 0.327. The molecule has 1 unspecified atom stereocenters. The lowest BCUT2D eigenvalue weighted by atomic mass is 9.96. The van der Waals surface area contributed by atoms with Crippen LogP contribution < -0.4 is 0 Å². The summed E-state index contributed by atoms with van der Waals surface area (Å²) in [6, 6.07) is 0. The van der Waals surface area contributed by atoms with Gasteiger partial charge in [0.1, 0.15) is 0 Å². The standard InChI is InChI=1S/C17H34/c1-4-6-8-10-12-14-16-17(3)15-13-11-9-7-5-2/h17H,1-2,4-16H2,3H3. The Kier molecular flexibility index (Phi) is 14.1. The zero-order valence-electron chi connectivity index (χ0n) is 12.2. The van der Waals surface area contributed by atoms with Crippen LogP contribution in [0.25, 0.3) is 0 Å². The molecule has 0 aliphatic carbocycles. The first-order valence-electron chi connectivity index (χ1n) is 7.89. The normalized spacial score (nSPS) is 12.9. The van der Waals surface area contributed by atoms with Gasteiger partial charge < -0.3 is 0 Å². The van der Waals surface area contributed by atoms with Crippen LogP contribution in [0.4, 0.5) is 0 Å². The van der Waals surface area contributed by atoms with Crippen LogP contribution in [-0.4, -0.2) is 0 Å². The first-order chi connectivity index (χ1) is 8.31. The van der Waals surface area contributed by atoms with E-state index in [1.54, 1.807) is 0 Å². The van der Waals surface area contributed by atoms with Gasteiger partial charge in [0.15, 0.2) is 0 Å². The van der Waals surface area contributed by atoms with Crippen molar-refractivity contribution in [2.24, 2.45) is 5.92 Å². The molecule has 0 aliphatic heterocycles. The zero-order chi connectivity index (χ0) is 12.8. The summed E-state index contributed by atoms with van der Waals surface area (Å²) in [5, 5.41) is 0. The van der Waals surface area contributed by atoms with Gasteiger partial charge in [-0.1, -0.05) is 104 Å². The molecule has 0 N–H and O–H groups in total. The smallest absolute Gasteiger partial charge is 0.0443 e. The Hall–Kier alpha value is 0. The van der Waals surface area contributed by atoms with Crippen molar-refractivity contribution < 1.29 is 0 Å². The molecule has 0 rings (SSSR count). The van der Waals surface area contributed by atoms with Gasteiger partial charge in [-0.2, -0.15) is 0 Å². The summed E-state index contributed by atoms with van der Waals surface area (Å²) in [7, 11) is 0. The van der Waals surface area contributed by atoms with Crippen LogP contribution in [-0.2, 0) is 0 Å². The Bertz CT molecular complexity index is 128. The third kappa shape index (κ3) is 13.9. The number of unbranched alkanes of at least 4 members (excludes halogenated alkanes) is 9. The number of hydrogen-bond donors (Lipinski definition) is 0. The second kappa shape index (κ2) is 14.1. The molecule has 0 amide bonds. The van der Waals surface area contributed by atoms with Crippen molar-refractivity contribution in [3.8, 4) is 0 Å². The van der Waals surface area contributed by atoms with Crippen molar-refractivity contribution in [1.82, 2.24) is 0 Å². The second-order valence-corrected chi connectivity index (χ2v) is 5.57. The van der Waals surface area contributed by atoms with Gasteiger partial charge in [0, 0.05) is 0 Å². The molecule has 2 radical (unpaired) electrons. The lowest BCUT2D eigenvalue weighted by Gasteiger charge is -2.10. The van der Waals surface area contributed by atoms with Gasteiger partial charge in [-0.05, 0) is 5.92 Å². The summed E-state index contributed by atoms with van der Waals surface area (Å²) in [5.41, 5.74) is 0. The fourth-order valence-electron chi connectivity index (χ4n) is 2.37. The number of rotatable bonds is 13. The van der Waals surface area contributed by atoms with Crippen molar-refractivity contribution in [2.45, 2.75) is 90.4 Å². The Morgan fingerprint density at radius 1 is 0.588 bits per heavy atom. The van der Waals surface area contributed by atoms with E-state index >= 15 is 0 Å². The van der Waals surface area contributed by atoms with E-state index in [1.807, 2.05) is 0 Å². The van der Waals surface area contributed by atoms with Crippen molar-refractivity contribution in [3.63, 3.8) is 0 Å². The molecule has 102 valence electrons. The molecule has 0 saturated carbocycles. The molecule has 17 heavy (non-hydrogen) atoms. The Morgan fingerprint density at radius 3 is 1.35 bits per heavy atom. The molecule has 0 nitrogen and oxygen atoms in total. The van der Waals surface area contributed by atoms with E-state index in [-0.39, 0.29) is 0 Å². The average Bonchev–Trinajstić information content (AvgIpc) is 2.33. The predicted molar refractivity (Wildman–Crippen MR) is 79.9 cm³/mol. The molecule has 0 spiro atoms. The van der Waals surface area contributed by atoms with E-state index < -0.39 is 0 Å². The Balaban J connectivity index is 3.09. The van der Waals surface area contributed by atoms with Gasteiger partial charge in [0.25, 0.3) is 0 Å². The maximum atomic E-state index is 3.89. The molecule has 0 heteroatoms. The Morgan fingerprint density at radius 2 is 0.941 bits per heavy atom. The average molecular weight is 238 g/mol. The van der Waals surface area contributed by atoms with E-state index in [0.29, 0.717) is 0 Å². The lowest BCUT2D eigenvalue weighted by Crippen LogP contribution is -1.95. The first-order valence-corrected chi connectivity index (χ1v) is 7.89. The van der Waals surface area contributed by atoms with E-state index in [1.165, 1.54) is 70.6 Å². The number of hydrogen-bond acceptors (Lipinski definition) is 0. The van der Waals surface area contributed by atoms with Gasteiger partial charge in [-0.25, -0.2) is 0 Å². The Labute approximate surface area is 111 Å². The summed E-state index contributed by atoms with van der Waals surface area (Å²) in [6.45, 7) is 10.2. The maximum Gasteiger partial charge on any atom is -0.0443 e. The molecular weight excluding hydrogens is 204 g/mol. The van der Waals surface area contributed by atoms with E-state index in [4.69, 9.17) is 0 Å². The van der Waals surface area contributed by atoms with Gasteiger partial charge in [-0.15, -0.1) is 0 Å². The molecular formula is C17H34. The van der Waals surface area contributed by atoms with Crippen LogP contribution in [0.15, 0.2) is 0 Å². The van der Waals surface area contributed by atoms with Gasteiger partial charge in [0.05, 0.1) is 0 Å². The van der Waals surface area contributed by atoms with Crippen LogP contribution in [0.2, 0.25) is 0 Å². The van der Waals surface area contributed by atoms with Gasteiger partial charge in [0.2, 0.25) is 0 Å². The summed E-state index contributed by atoms with van der Waals surface area (Å²) < 4.78 is 0. The summed E-state index contributed by atoms with van der Waals surface area (Å²) in [5.74, 6) is 0.947. The zero-order valence-corrected chi connectivity index (χ0v) is 12.2. The highest BCUT2D eigenvalue weighted by atomic mass is 14.1. The van der Waals surface area contributed by atoms with Gasteiger partial charge in [-0.3, -0.25) is 0 Å². The largest absolute Gasteiger partial charge is 0.0625 e. The van der Waals surface area contributed by atoms with Crippen LogP contribution in [0.1, 0.15) is 90.4 Å². The fourth-order valence-corrected chi connectivity index (χ4v) is 2.37. The van der Waals surface area contributed by atoms with Crippen molar-refractivity contribution in [2.75, 3.05) is 0 Å². The highest BCUT2D eigenvalue weighted by Crippen LogP contribution is 2.18. The van der Waals surface area contributed by atoms with Crippen LogP contribution >= 0.6 is 0 Å². The van der Waals surface area contributed by atoms with Crippen LogP contribution in [0.5, 0.6) is 0 Å². The molecule has 0 saturated heterocycles. The molecule has 0 fully saturated rings. The highest BCUT2D eigenvalue weighted by Gasteiger charge is 2.01. The first kappa shape index (κ1) is 17.0. The molecule has 0 heterocycles. The molecule has 1 atom stereocenters. The third-order valence-corrected chi connectivity index (χ3v) is 3.64. The molecule has 0 aromatic rings. The van der Waals surface area contributed by atoms with E-state index in [9.17, 15) is 0 Å². The molecule has 0 aromatic carbocycles. The van der Waals surface area contributed by atoms with Gasteiger partial charge >= 0.3 is 0 Å². The monoisotopic (exact) mass is 238 g/mol. The second-order valence-electron chi connectivity index (χ2n) is 5.57. The van der Waals surface area contributed by atoms with Crippen LogP contribution in [0, 0.1) is 19.8 Å². The van der Waals surface area contributed by atoms with Crippen molar-refractivity contribution in [1.29, 1.82) is 0 Å². The minimum atomic E-state index is 0.947. The molecule has 0 bridgehead atoms. The summed E-state index contributed by atoms with van der Waals surface area (Å²) in [6.07, 6.45) is 17.7. The molecule has 0 aliphatic rings. The third-order valence-electron chi connectivity index (χ3n) is 3.64. The topological polar surface area (TPSA) is 0 Å². The highest BCUT2D eigenvalue weighted by molar-refractivity contribution is 4.56. The molecule has 0 aromatic heterocycles. The van der Waals surface area contributed by atoms with Crippen LogP contribution in [0.3, 0.4) is 0 Å². The van der Waals surface area contributed by atoms with E-state index in [0.717, 1.165) is 18.8 Å². The van der Waals surface area contributed by atoms with Crippen molar-refractivity contribution in [3.05, 3.63) is 13.8 Å². The predicted octanol–water partition coefficient (Wildman–Crippen LogP) is 6.36.